The molecule has 1 aromatic heterocycles. The molecule has 8 heteroatoms. The molecule has 2 heterocycles. The van der Waals surface area contributed by atoms with E-state index in [0.29, 0.717) is 19.6 Å². The van der Waals surface area contributed by atoms with Crippen molar-refractivity contribution in [3.05, 3.63) is 15.6 Å². The number of hydrogen-bond donors (Lipinski definition) is 0. The molecule has 1 aliphatic heterocycles. The molecule has 1 aromatic rings. The van der Waals surface area contributed by atoms with Crippen molar-refractivity contribution in [2.75, 3.05) is 33.2 Å². The molecule has 0 radical (unpaired) electrons. The third-order valence-electron chi connectivity index (χ3n) is 4.41. The molecule has 132 valence electrons. The highest BCUT2D eigenvalue weighted by Crippen LogP contribution is 2.26. The molecular formula is C16H24N4O3S. The summed E-state index contributed by atoms with van der Waals surface area (Å²) in [5.41, 5.74) is 0.881. The van der Waals surface area contributed by atoms with Gasteiger partial charge in [0, 0.05) is 31.6 Å². The smallest absolute Gasteiger partial charge is 0.312 e. The zero-order valence-electron chi connectivity index (χ0n) is 14.8. The lowest BCUT2D eigenvalue weighted by atomic mass is 10.2. The molecule has 1 atom stereocenters. The molecule has 0 unspecified atom stereocenters. The molecular weight excluding hydrogens is 328 g/mol. The highest BCUT2D eigenvalue weighted by Gasteiger charge is 2.33. The fraction of sp³-hybridized carbons (Fsp3) is 0.625. The molecule has 0 aromatic carbocycles. The lowest BCUT2D eigenvalue weighted by molar-refractivity contribution is -0.157. The van der Waals surface area contributed by atoms with E-state index in [-0.39, 0.29) is 18.5 Å². The third-order valence-corrected chi connectivity index (χ3v) is 5.32. The van der Waals surface area contributed by atoms with Gasteiger partial charge in [-0.25, -0.2) is 4.98 Å². The summed E-state index contributed by atoms with van der Waals surface area (Å²) < 4.78 is 0. The van der Waals surface area contributed by atoms with Crippen molar-refractivity contribution in [2.24, 2.45) is 0 Å². The standard InChI is InChI=1S/C16H24N4O3S/c1-6-19-7-8-20(16(23)15(19)22)9-13(21)18(5)10(2)14-11(3)24-12(4)17-14/h10H,6-9H2,1-5H3/t10-/m0/s1. The van der Waals surface area contributed by atoms with Gasteiger partial charge >= 0.3 is 11.8 Å². The first-order valence-electron chi connectivity index (χ1n) is 8.04. The summed E-state index contributed by atoms with van der Waals surface area (Å²) in [6.45, 7) is 8.96. The Morgan fingerprint density at radius 3 is 2.38 bits per heavy atom. The minimum Gasteiger partial charge on any atom is -0.336 e. The first-order chi connectivity index (χ1) is 11.3. The Bertz CT molecular complexity index is 658. The maximum absolute atomic E-state index is 12.5. The zero-order chi connectivity index (χ0) is 18.0. The van der Waals surface area contributed by atoms with Gasteiger partial charge in [-0.2, -0.15) is 0 Å². The van der Waals surface area contributed by atoms with Gasteiger partial charge in [0.1, 0.15) is 6.54 Å². The van der Waals surface area contributed by atoms with Crippen LogP contribution in [0.2, 0.25) is 0 Å². The van der Waals surface area contributed by atoms with Gasteiger partial charge in [0.2, 0.25) is 5.91 Å². The monoisotopic (exact) mass is 352 g/mol. The van der Waals surface area contributed by atoms with E-state index in [4.69, 9.17) is 0 Å². The van der Waals surface area contributed by atoms with Crippen LogP contribution in [-0.2, 0) is 14.4 Å². The summed E-state index contributed by atoms with van der Waals surface area (Å²) in [6.07, 6.45) is 0. The summed E-state index contributed by atoms with van der Waals surface area (Å²) in [7, 11) is 1.70. The normalized spacial score (nSPS) is 16.5. The van der Waals surface area contributed by atoms with Crippen molar-refractivity contribution in [3.63, 3.8) is 0 Å². The predicted octanol–water partition coefficient (Wildman–Crippen LogP) is 0.970. The molecule has 3 amide bonds. The quantitative estimate of drug-likeness (QED) is 0.740. The SMILES string of the molecule is CCN1CCN(CC(=O)N(C)[C@@H](C)c2nc(C)sc2C)C(=O)C1=O. The number of rotatable bonds is 5. The summed E-state index contributed by atoms with van der Waals surface area (Å²) in [5, 5.41) is 0.965. The van der Waals surface area contributed by atoms with Crippen LogP contribution in [0.3, 0.4) is 0 Å². The van der Waals surface area contributed by atoms with E-state index >= 15 is 0 Å². The second-order valence-corrected chi connectivity index (χ2v) is 7.37. The second kappa shape index (κ2) is 7.29. The molecule has 1 saturated heterocycles. The maximum Gasteiger partial charge on any atom is 0.312 e. The number of piperazine rings is 1. The van der Waals surface area contributed by atoms with Gasteiger partial charge in [0.05, 0.1) is 16.7 Å². The number of amides is 3. The van der Waals surface area contributed by atoms with E-state index in [1.54, 1.807) is 23.3 Å². The Morgan fingerprint density at radius 1 is 1.25 bits per heavy atom. The first-order valence-corrected chi connectivity index (χ1v) is 8.85. The third kappa shape index (κ3) is 3.58. The van der Waals surface area contributed by atoms with Crippen LogP contribution >= 0.6 is 11.3 Å². The summed E-state index contributed by atoms with van der Waals surface area (Å²) in [4.78, 5) is 46.6. The average molecular weight is 352 g/mol. The Labute approximate surface area is 146 Å². The van der Waals surface area contributed by atoms with Gasteiger partial charge in [0.15, 0.2) is 0 Å². The van der Waals surface area contributed by atoms with Crippen LogP contribution in [0.5, 0.6) is 0 Å². The molecule has 24 heavy (non-hydrogen) atoms. The lowest BCUT2D eigenvalue weighted by Crippen LogP contribution is -2.56. The maximum atomic E-state index is 12.5. The Balaban J connectivity index is 2.03. The summed E-state index contributed by atoms with van der Waals surface area (Å²) >= 11 is 1.60. The topological polar surface area (TPSA) is 73.8 Å². The largest absolute Gasteiger partial charge is 0.336 e. The number of likely N-dealkylation sites (N-methyl/N-ethyl adjacent to an activating group) is 2. The fourth-order valence-electron chi connectivity index (χ4n) is 2.77. The number of hydrogen-bond acceptors (Lipinski definition) is 5. The molecule has 0 N–H and O–H groups in total. The minimum atomic E-state index is -0.599. The van der Waals surface area contributed by atoms with Gasteiger partial charge in [0.25, 0.3) is 0 Å². The van der Waals surface area contributed by atoms with Crippen LogP contribution < -0.4 is 0 Å². The van der Waals surface area contributed by atoms with Crippen molar-refractivity contribution in [1.29, 1.82) is 0 Å². The van der Waals surface area contributed by atoms with E-state index < -0.39 is 11.8 Å². The Morgan fingerprint density at radius 2 is 1.83 bits per heavy atom. The summed E-state index contributed by atoms with van der Waals surface area (Å²) in [5.74, 6) is -1.32. The van der Waals surface area contributed by atoms with Gasteiger partial charge in [-0.05, 0) is 27.7 Å². The molecule has 0 bridgehead atoms. The van der Waals surface area contributed by atoms with Gasteiger partial charge in [-0.1, -0.05) is 0 Å². The van der Waals surface area contributed by atoms with Gasteiger partial charge < -0.3 is 14.7 Å². The number of carbonyl (C=O) groups is 3. The number of thiazole rings is 1. The zero-order valence-corrected chi connectivity index (χ0v) is 15.6. The van der Waals surface area contributed by atoms with Crippen LogP contribution in [0.4, 0.5) is 0 Å². The highest BCUT2D eigenvalue weighted by atomic mass is 32.1. The van der Waals surface area contributed by atoms with Crippen molar-refractivity contribution < 1.29 is 14.4 Å². The van der Waals surface area contributed by atoms with Crippen molar-refractivity contribution in [1.82, 2.24) is 19.7 Å². The molecule has 2 rings (SSSR count). The predicted molar refractivity (Wildman–Crippen MR) is 91.6 cm³/mol. The second-order valence-electron chi connectivity index (χ2n) is 5.97. The molecule has 0 spiro atoms. The van der Waals surface area contributed by atoms with Crippen LogP contribution in [0.25, 0.3) is 0 Å². The number of aryl methyl sites for hydroxylation is 2. The average Bonchev–Trinajstić information content (AvgIpc) is 2.89. The molecule has 7 nitrogen and oxygen atoms in total. The molecule has 0 saturated carbocycles. The van der Waals surface area contributed by atoms with Crippen LogP contribution in [0.1, 0.15) is 35.5 Å². The van der Waals surface area contributed by atoms with Crippen LogP contribution in [-0.4, -0.2) is 70.6 Å². The lowest BCUT2D eigenvalue weighted by Gasteiger charge is -2.34. The Kier molecular flexibility index (Phi) is 5.58. The van der Waals surface area contributed by atoms with Crippen molar-refractivity contribution in [2.45, 2.75) is 33.7 Å². The van der Waals surface area contributed by atoms with Gasteiger partial charge in [-0.3, -0.25) is 14.4 Å². The molecule has 1 aliphatic rings. The van der Waals surface area contributed by atoms with E-state index in [0.717, 1.165) is 15.6 Å². The van der Waals surface area contributed by atoms with Crippen LogP contribution in [0, 0.1) is 13.8 Å². The summed E-state index contributed by atoms with van der Waals surface area (Å²) in [6, 6.07) is -0.176. The first kappa shape index (κ1) is 18.4. The van der Waals surface area contributed by atoms with E-state index in [1.165, 1.54) is 9.80 Å². The van der Waals surface area contributed by atoms with E-state index in [1.807, 2.05) is 27.7 Å². The fourth-order valence-corrected chi connectivity index (χ4v) is 3.68. The number of aromatic nitrogens is 1. The van der Waals surface area contributed by atoms with Gasteiger partial charge in [-0.15, -0.1) is 11.3 Å². The molecule has 1 fully saturated rings. The van der Waals surface area contributed by atoms with E-state index in [2.05, 4.69) is 4.98 Å². The molecule has 0 aliphatic carbocycles. The highest BCUT2D eigenvalue weighted by molar-refractivity contribution is 7.11. The Hall–Kier alpha value is -1.96. The number of carbonyl (C=O) groups excluding carboxylic acids is 3. The number of nitrogens with zero attached hydrogens (tertiary/aromatic N) is 4. The van der Waals surface area contributed by atoms with E-state index in [9.17, 15) is 14.4 Å². The van der Waals surface area contributed by atoms with Crippen LogP contribution in [0.15, 0.2) is 0 Å². The van der Waals surface area contributed by atoms with Crippen molar-refractivity contribution >= 4 is 29.1 Å². The minimum absolute atomic E-state index is 0.0782. The van der Waals surface area contributed by atoms with Crippen molar-refractivity contribution in [3.8, 4) is 0 Å².